The van der Waals surface area contributed by atoms with Gasteiger partial charge < -0.3 is 25.2 Å². The van der Waals surface area contributed by atoms with E-state index >= 15 is 0 Å². The minimum Gasteiger partial charge on any atom is -0.454 e. The number of hydrogen-bond acceptors (Lipinski definition) is 6. The fourth-order valence-corrected chi connectivity index (χ4v) is 3.47. The van der Waals surface area contributed by atoms with Crippen LogP contribution in [0.15, 0.2) is 18.2 Å². The minimum atomic E-state index is -0.736. The van der Waals surface area contributed by atoms with Crippen LogP contribution in [0.4, 0.5) is 4.79 Å². The molecule has 1 fully saturated rings. The van der Waals surface area contributed by atoms with Gasteiger partial charge in [0.25, 0.3) is 5.91 Å². The molecule has 158 valence electrons. The molecule has 2 aliphatic rings. The molecule has 29 heavy (non-hydrogen) atoms. The van der Waals surface area contributed by atoms with Crippen molar-refractivity contribution in [1.29, 1.82) is 0 Å². The maximum absolute atomic E-state index is 12.6. The number of hydrogen-bond donors (Lipinski definition) is 3. The average molecular weight is 405 g/mol. The molecule has 9 nitrogen and oxygen atoms in total. The van der Waals surface area contributed by atoms with Crippen molar-refractivity contribution < 1.29 is 29.0 Å². The number of benzene rings is 1. The lowest BCUT2D eigenvalue weighted by molar-refractivity contribution is -0.128. The summed E-state index contributed by atoms with van der Waals surface area (Å²) in [6.45, 7) is 4.16. The van der Waals surface area contributed by atoms with Crippen molar-refractivity contribution in [3.8, 4) is 11.5 Å². The zero-order valence-electron chi connectivity index (χ0n) is 16.6. The molecular weight excluding hydrogens is 378 g/mol. The lowest BCUT2D eigenvalue weighted by atomic mass is 10.0. The molecule has 1 aromatic rings. The standard InChI is InChI=1S/C20H27N3O6/c1-12(2)7-14(10-24)21-18(25)6-4-15-19(26)23(20(27)22-15)9-13-3-5-16-17(8-13)29-11-28-16/h3,5,8,12,14-15,24H,4,6-7,9-11H2,1-2H3,(H,21,25)(H,22,27). The molecule has 0 radical (unpaired) electrons. The Balaban J connectivity index is 1.51. The second-order valence-electron chi connectivity index (χ2n) is 7.73. The summed E-state index contributed by atoms with van der Waals surface area (Å²) < 4.78 is 10.6. The van der Waals surface area contributed by atoms with Gasteiger partial charge in [0.2, 0.25) is 12.7 Å². The summed E-state index contributed by atoms with van der Waals surface area (Å²) in [4.78, 5) is 38.1. The third kappa shape index (κ3) is 5.17. The number of urea groups is 1. The number of imide groups is 1. The highest BCUT2D eigenvalue weighted by molar-refractivity contribution is 6.04. The lowest BCUT2D eigenvalue weighted by Crippen LogP contribution is -2.39. The normalized spacial score (nSPS) is 18.9. The van der Waals surface area contributed by atoms with E-state index in [0.717, 1.165) is 10.5 Å². The van der Waals surface area contributed by atoms with Crippen molar-refractivity contribution in [1.82, 2.24) is 15.5 Å². The number of fused-ring (bicyclic) bond motifs is 1. The van der Waals surface area contributed by atoms with Crippen LogP contribution in [0.2, 0.25) is 0 Å². The van der Waals surface area contributed by atoms with E-state index in [4.69, 9.17) is 9.47 Å². The molecule has 2 heterocycles. The fraction of sp³-hybridized carbons (Fsp3) is 0.550. The summed E-state index contributed by atoms with van der Waals surface area (Å²) >= 11 is 0. The Morgan fingerprint density at radius 3 is 2.79 bits per heavy atom. The minimum absolute atomic E-state index is 0.0865. The SMILES string of the molecule is CC(C)CC(CO)NC(=O)CCC1NC(=O)N(Cc2ccc3c(c2)OCO3)C1=O. The van der Waals surface area contributed by atoms with Crippen LogP contribution in [0, 0.1) is 5.92 Å². The molecule has 0 spiro atoms. The number of nitrogens with one attached hydrogen (secondary N) is 2. The van der Waals surface area contributed by atoms with Gasteiger partial charge in [0.05, 0.1) is 19.2 Å². The Labute approximate surface area is 169 Å². The zero-order chi connectivity index (χ0) is 21.0. The first-order valence-electron chi connectivity index (χ1n) is 9.78. The maximum atomic E-state index is 12.6. The molecule has 2 aliphatic heterocycles. The molecule has 9 heteroatoms. The molecule has 0 aromatic heterocycles. The summed E-state index contributed by atoms with van der Waals surface area (Å²) in [5.41, 5.74) is 0.746. The van der Waals surface area contributed by atoms with Crippen LogP contribution in [0.1, 0.15) is 38.7 Å². The predicted molar refractivity (Wildman–Crippen MR) is 103 cm³/mol. The molecule has 0 bridgehead atoms. The van der Waals surface area contributed by atoms with Crippen molar-refractivity contribution in [3.63, 3.8) is 0 Å². The van der Waals surface area contributed by atoms with Crippen LogP contribution < -0.4 is 20.1 Å². The van der Waals surface area contributed by atoms with E-state index < -0.39 is 12.1 Å². The van der Waals surface area contributed by atoms with Gasteiger partial charge in [-0.25, -0.2) is 4.79 Å². The van der Waals surface area contributed by atoms with Crippen LogP contribution in [0.3, 0.4) is 0 Å². The van der Waals surface area contributed by atoms with E-state index in [-0.39, 0.29) is 50.6 Å². The molecule has 1 saturated heterocycles. The molecule has 2 atom stereocenters. The molecule has 3 N–H and O–H groups in total. The molecule has 3 rings (SSSR count). The number of carbonyl (C=O) groups excluding carboxylic acids is 3. The monoisotopic (exact) mass is 405 g/mol. The summed E-state index contributed by atoms with van der Waals surface area (Å²) in [5.74, 6) is 0.950. The molecular formula is C20H27N3O6. The Hall–Kier alpha value is -2.81. The summed E-state index contributed by atoms with van der Waals surface area (Å²) in [7, 11) is 0. The van der Waals surface area contributed by atoms with Gasteiger partial charge in [-0.3, -0.25) is 14.5 Å². The zero-order valence-corrected chi connectivity index (χ0v) is 16.6. The van der Waals surface area contributed by atoms with E-state index in [1.807, 2.05) is 13.8 Å². The van der Waals surface area contributed by atoms with Crippen molar-refractivity contribution in [2.45, 2.75) is 51.7 Å². The Kier molecular flexibility index (Phi) is 6.58. The number of amides is 4. The Morgan fingerprint density at radius 1 is 1.31 bits per heavy atom. The average Bonchev–Trinajstić information content (AvgIpc) is 3.24. The van der Waals surface area contributed by atoms with Gasteiger partial charge in [0, 0.05) is 6.42 Å². The van der Waals surface area contributed by atoms with Crippen LogP contribution in [0.5, 0.6) is 11.5 Å². The number of aliphatic hydroxyl groups excluding tert-OH is 1. The third-order valence-corrected chi connectivity index (χ3v) is 4.89. The van der Waals surface area contributed by atoms with Gasteiger partial charge in [-0.15, -0.1) is 0 Å². The van der Waals surface area contributed by atoms with Crippen LogP contribution in [0.25, 0.3) is 0 Å². The van der Waals surface area contributed by atoms with Crippen LogP contribution >= 0.6 is 0 Å². The number of ether oxygens (including phenoxy) is 2. The van der Waals surface area contributed by atoms with E-state index in [2.05, 4.69) is 10.6 Å². The van der Waals surface area contributed by atoms with Gasteiger partial charge >= 0.3 is 6.03 Å². The van der Waals surface area contributed by atoms with E-state index in [1.54, 1.807) is 18.2 Å². The molecule has 2 unspecified atom stereocenters. The smallest absolute Gasteiger partial charge is 0.325 e. The van der Waals surface area contributed by atoms with Gasteiger partial charge in [0.15, 0.2) is 11.5 Å². The Morgan fingerprint density at radius 2 is 2.07 bits per heavy atom. The number of carbonyl (C=O) groups is 3. The highest BCUT2D eigenvalue weighted by atomic mass is 16.7. The first-order chi connectivity index (χ1) is 13.9. The summed E-state index contributed by atoms with van der Waals surface area (Å²) in [6.07, 6.45) is 0.960. The van der Waals surface area contributed by atoms with Crippen molar-refractivity contribution >= 4 is 17.8 Å². The van der Waals surface area contributed by atoms with Crippen LogP contribution in [-0.2, 0) is 16.1 Å². The molecule has 4 amide bonds. The number of nitrogens with zero attached hydrogens (tertiary/aromatic N) is 1. The van der Waals surface area contributed by atoms with Crippen molar-refractivity contribution in [2.75, 3.05) is 13.4 Å². The second-order valence-corrected chi connectivity index (χ2v) is 7.73. The van der Waals surface area contributed by atoms with Crippen molar-refractivity contribution in [3.05, 3.63) is 23.8 Å². The quantitative estimate of drug-likeness (QED) is 0.531. The number of rotatable bonds is 9. The highest BCUT2D eigenvalue weighted by Gasteiger charge is 2.38. The first-order valence-corrected chi connectivity index (χ1v) is 9.78. The summed E-state index contributed by atoms with van der Waals surface area (Å²) in [5, 5.41) is 14.8. The van der Waals surface area contributed by atoms with Gasteiger partial charge in [-0.2, -0.15) is 0 Å². The van der Waals surface area contributed by atoms with Gasteiger partial charge in [-0.05, 0) is 36.5 Å². The highest BCUT2D eigenvalue weighted by Crippen LogP contribution is 2.33. The Bertz CT molecular complexity index is 781. The van der Waals surface area contributed by atoms with Gasteiger partial charge in [-0.1, -0.05) is 19.9 Å². The molecule has 1 aromatic carbocycles. The predicted octanol–water partition coefficient (Wildman–Crippen LogP) is 1.14. The van der Waals surface area contributed by atoms with E-state index in [0.29, 0.717) is 23.8 Å². The van der Waals surface area contributed by atoms with Crippen LogP contribution in [-0.4, -0.2) is 53.3 Å². The molecule has 0 saturated carbocycles. The number of aliphatic hydroxyl groups is 1. The van der Waals surface area contributed by atoms with Crippen molar-refractivity contribution in [2.24, 2.45) is 5.92 Å². The topological polar surface area (TPSA) is 117 Å². The first kappa shape index (κ1) is 20.9. The lowest BCUT2D eigenvalue weighted by Gasteiger charge is -2.18. The fourth-order valence-electron chi connectivity index (χ4n) is 3.47. The second kappa shape index (κ2) is 9.13. The third-order valence-electron chi connectivity index (χ3n) is 4.89. The van der Waals surface area contributed by atoms with E-state index in [1.165, 1.54) is 0 Å². The largest absolute Gasteiger partial charge is 0.454 e. The van der Waals surface area contributed by atoms with Gasteiger partial charge in [0.1, 0.15) is 6.04 Å². The van der Waals surface area contributed by atoms with E-state index in [9.17, 15) is 19.5 Å². The maximum Gasteiger partial charge on any atom is 0.325 e. The molecule has 0 aliphatic carbocycles. The summed E-state index contributed by atoms with van der Waals surface area (Å²) in [6, 6.07) is 3.74.